The van der Waals surface area contributed by atoms with E-state index >= 15 is 0 Å². The van der Waals surface area contributed by atoms with Gasteiger partial charge >= 0.3 is 0 Å². The summed E-state index contributed by atoms with van der Waals surface area (Å²) in [5.74, 6) is 1.88. The summed E-state index contributed by atoms with van der Waals surface area (Å²) in [6, 6.07) is 44.5. The Balaban J connectivity index is 1.51. The first-order valence-electron chi connectivity index (χ1n) is 13.9. The van der Waals surface area contributed by atoms with Crippen LogP contribution in [0.2, 0.25) is 0 Å². The Bertz CT molecular complexity index is 2300. The van der Waals surface area contributed by atoms with Crippen LogP contribution in [0.4, 0.5) is 0 Å². The van der Waals surface area contributed by atoms with E-state index < -0.39 is 5.41 Å². The number of fused-ring (bicyclic) bond motifs is 10. The van der Waals surface area contributed by atoms with Crippen molar-refractivity contribution in [1.82, 2.24) is 9.13 Å². The van der Waals surface area contributed by atoms with Gasteiger partial charge < -0.3 is 13.9 Å². The topological polar surface area (TPSA) is 19.1 Å². The van der Waals surface area contributed by atoms with Crippen LogP contribution in [0.15, 0.2) is 121 Å². The summed E-state index contributed by atoms with van der Waals surface area (Å²) in [5.41, 5.74) is 12.0. The largest absolute Gasteiger partial charge is 0.457 e. The third kappa shape index (κ3) is 1.87. The zero-order valence-corrected chi connectivity index (χ0v) is 21.3. The third-order valence-electron chi connectivity index (χ3n) is 9.66. The highest BCUT2D eigenvalue weighted by molar-refractivity contribution is 6.16. The molecule has 3 aliphatic rings. The van der Waals surface area contributed by atoms with E-state index in [1.54, 1.807) is 0 Å². The maximum atomic E-state index is 6.90. The van der Waals surface area contributed by atoms with Crippen LogP contribution in [-0.2, 0) is 5.41 Å². The molecule has 3 aliphatic heterocycles. The third-order valence-corrected chi connectivity index (χ3v) is 9.66. The van der Waals surface area contributed by atoms with Crippen molar-refractivity contribution >= 4 is 43.6 Å². The lowest BCUT2D eigenvalue weighted by atomic mass is 9.60. The van der Waals surface area contributed by atoms with Crippen LogP contribution in [0.25, 0.3) is 55.0 Å². The minimum atomic E-state index is -0.510. The quantitative estimate of drug-likeness (QED) is 0.200. The number of aromatic nitrogens is 2. The summed E-state index contributed by atoms with van der Waals surface area (Å²) < 4.78 is 11.9. The van der Waals surface area contributed by atoms with Crippen molar-refractivity contribution in [3.63, 3.8) is 0 Å². The number of rotatable bonds is 0. The normalized spacial score (nSPS) is 14.9. The predicted molar refractivity (Wildman–Crippen MR) is 161 cm³/mol. The monoisotopic (exact) mass is 508 g/mol. The number of benzene rings is 6. The van der Waals surface area contributed by atoms with Gasteiger partial charge in [0.2, 0.25) is 0 Å². The van der Waals surface area contributed by atoms with Crippen molar-refractivity contribution in [2.45, 2.75) is 5.41 Å². The number of para-hydroxylation sites is 4. The van der Waals surface area contributed by atoms with Crippen LogP contribution in [0.5, 0.6) is 11.5 Å². The van der Waals surface area contributed by atoms with Crippen molar-refractivity contribution in [1.29, 1.82) is 0 Å². The van der Waals surface area contributed by atoms with E-state index in [4.69, 9.17) is 4.74 Å². The molecule has 5 heterocycles. The smallest absolute Gasteiger partial charge is 0.134 e. The molecule has 40 heavy (non-hydrogen) atoms. The minimum Gasteiger partial charge on any atom is -0.457 e. The van der Waals surface area contributed by atoms with E-state index in [9.17, 15) is 0 Å². The lowest BCUT2D eigenvalue weighted by molar-refractivity contribution is 0.434. The van der Waals surface area contributed by atoms with Crippen molar-refractivity contribution in [3.05, 3.63) is 144 Å². The lowest BCUT2D eigenvalue weighted by Crippen LogP contribution is -2.41. The maximum Gasteiger partial charge on any atom is 0.134 e. The Kier molecular flexibility index (Phi) is 3.11. The molecule has 11 rings (SSSR count). The first-order valence-corrected chi connectivity index (χ1v) is 13.9. The average molecular weight is 509 g/mol. The summed E-state index contributed by atoms with van der Waals surface area (Å²) in [4.78, 5) is 0. The van der Waals surface area contributed by atoms with E-state index in [0.29, 0.717) is 0 Å². The predicted octanol–water partition coefficient (Wildman–Crippen LogP) is 9.00. The van der Waals surface area contributed by atoms with Gasteiger partial charge in [0.25, 0.3) is 0 Å². The standard InChI is InChI=1S/C37H20N2O/c1-5-13-27-21(9-1)23-17-19-31-33-35(23)38(27)29-15-7-3-11-25(29)37(33)26-12-4-8-16-30(26)39-28-14-6-2-10-22(28)24-18-20-32(40-31)34(37)36(24)39/h1-20H. The highest BCUT2D eigenvalue weighted by Gasteiger charge is 2.55. The fourth-order valence-corrected chi connectivity index (χ4v) is 8.37. The van der Waals surface area contributed by atoms with E-state index in [0.717, 1.165) is 11.5 Å². The second kappa shape index (κ2) is 6.30. The van der Waals surface area contributed by atoms with Gasteiger partial charge in [-0.2, -0.15) is 0 Å². The van der Waals surface area contributed by atoms with Gasteiger partial charge in [0, 0.05) is 32.7 Å². The molecule has 0 saturated heterocycles. The molecule has 2 aromatic heterocycles. The van der Waals surface area contributed by atoms with Crippen LogP contribution in [0.3, 0.4) is 0 Å². The highest BCUT2D eigenvalue weighted by atomic mass is 16.5. The fraction of sp³-hybridized carbons (Fsp3) is 0.0270. The molecular formula is C37H20N2O. The molecule has 0 aliphatic carbocycles. The molecule has 0 bridgehead atoms. The van der Waals surface area contributed by atoms with Crippen molar-refractivity contribution in [3.8, 4) is 22.9 Å². The van der Waals surface area contributed by atoms with Gasteiger partial charge in [0.05, 0.1) is 38.9 Å². The van der Waals surface area contributed by atoms with Gasteiger partial charge in [0.15, 0.2) is 0 Å². The zero-order chi connectivity index (χ0) is 25.7. The molecule has 0 fully saturated rings. The number of hydrogen-bond acceptors (Lipinski definition) is 1. The Morgan fingerprint density at radius 1 is 0.425 bits per heavy atom. The van der Waals surface area contributed by atoms with Gasteiger partial charge in [-0.15, -0.1) is 0 Å². The van der Waals surface area contributed by atoms with Crippen LogP contribution in [-0.4, -0.2) is 9.13 Å². The molecule has 0 radical (unpaired) electrons. The van der Waals surface area contributed by atoms with E-state index in [2.05, 4.69) is 130 Å². The summed E-state index contributed by atoms with van der Waals surface area (Å²) in [5, 5.41) is 5.08. The van der Waals surface area contributed by atoms with Crippen LogP contribution in [0.1, 0.15) is 22.3 Å². The summed E-state index contributed by atoms with van der Waals surface area (Å²) in [6.07, 6.45) is 0. The lowest BCUT2D eigenvalue weighted by Gasteiger charge is -2.48. The Morgan fingerprint density at radius 3 is 1.40 bits per heavy atom. The number of ether oxygens (including phenoxy) is 1. The Labute approximate surface area is 229 Å². The van der Waals surface area contributed by atoms with Crippen molar-refractivity contribution < 1.29 is 4.74 Å². The van der Waals surface area contributed by atoms with Crippen molar-refractivity contribution in [2.75, 3.05) is 0 Å². The molecule has 0 amide bonds. The second-order valence-electron chi connectivity index (χ2n) is 11.3. The number of hydrogen-bond donors (Lipinski definition) is 0. The van der Waals surface area contributed by atoms with Gasteiger partial charge in [0.1, 0.15) is 11.5 Å². The summed E-state index contributed by atoms with van der Waals surface area (Å²) in [6.45, 7) is 0. The second-order valence-corrected chi connectivity index (χ2v) is 11.3. The first-order chi connectivity index (χ1) is 19.9. The van der Waals surface area contributed by atoms with Gasteiger partial charge in [-0.05, 0) is 59.7 Å². The first kappa shape index (κ1) is 19.7. The Morgan fingerprint density at radius 2 is 0.875 bits per heavy atom. The highest BCUT2D eigenvalue weighted by Crippen LogP contribution is 2.65. The Hall–Kier alpha value is -5.28. The molecule has 0 unspecified atom stereocenters. The molecule has 0 atom stereocenters. The van der Waals surface area contributed by atoms with E-state index in [1.165, 1.54) is 77.2 Å². The SMILES string of the molecule is c1ccc2c(c1)-n1c3ccccc3c3ccc4c(c31)C21c2ccccc2-n2c3ccccc3c3ccc(c1c32)O4. The van der Waals surface area contributed by atoms with Crippen LogP contribution < -0.4 is 4.74 Å². The van der Waals surface area contributed by atoms with E-state index in [-0.39, 0.29) is 0 Å². The molecule has 3 heteroatoms. The molecule has 0 N–H and O–H groups in total. The molecule has 184 valence electrons. The van der Waals surface area contributed by atoms with Gasteiger partial charge in [-0.3, -0.25) is 0 Å². The minimum absolute atomic E-state index is 0.510. The molecular weight excluding hydrogens is 488 g/mol. The van der Waals surface area contributed by atoms with Gasteiger partial charge in [-0.1, -0.05) is 72.8 Å². The average Bonchev–Trinajstić information content (AvgIpc) is 3.54. The molecule has 6 aromatic carbocycles. The molecule has 1 spiro atoms. The molecule has 8 aromatic rings. The van der Waals surface area contributed by atoms with Crippen molar-refractivity contribution in [2.24, 2.45) is 0 Å². The summed E-state index contributed by atoms with van der Waals surface area (Å²) >= 11 is 0. The number of nitrogens with zero attached hydrogens (tertiary/aromatic N) is 2. The fourth-order valence-electron chi connectivity index (χ4n) is 8.37. The maximum absolute atomic E-state index is 6.90. The molecule has 0 saturated carbocycles. The molecule has 3 nitrogen and oxygen atoms in total. The zero-order valence-electron chi connectivity index (χ0n) is 21.3. The summed E-state index contributed by atoms with van der Waals surface area (Å²) in [7, 11) is 0. The van der Waals surface area contributed by atoms with E-state index in [1.807, 2.05) is 0 Å². The van der Waals surface area contributed by atoms with Crippen LogP contribution >= 0.6 is 0 Å². The van der Waals surface area contributed by atoms with Gasteiger partial charge in [-0.25, -0.2) is 0 Å². The van der Waals surface area contributed by atoms with Crippen LogP contribution in [0, 0.1) is 0 Å².